The number of benzene rings is 2. The predicted molar refractivity (Wildman–Crippen MR) is 95.2 cm³/mol. The van der Waals surface area contributed by atoms with E-state index in [1.165, 1.54) is 24.3 Å². The molecule has 2 aromatic carbocycles. The van der Waals surface area contributed by atoms with Gasteiger partial charge in [-0.25, -0.2) is 4.79 Å². The van der Waals surface area contributed by atoms with Crippen molar-refractivity contribution in [3.8, 4) is 0 Å². The zero-order valence-electron chi connectivity index (χ0n) is 13.6. The zero-order chi connectivity index (χ0) is 21.0. The Balaban J connectivity index is 2.61. The van der Waals surface area contributed by atoms with Gasteiger partial charge in [0.15, 0.2) is 5.71 Å². The molecule has 0 aromatic heterocycles. The molecular formula is C14H11N3O9S2. The second-order valence-electron chi connectivity index (χ2n) is 5.65. The van der Waals surface area contributed by atoms with E-state index < -0.39 is 65.4 Å². The van der Waals surface area contributed by atoms with Gasteiger partial charge in [0.05, 0.1) is 17.8 Å². The third-order valence-corrected chi connectivity index (χ3v) is 5.87. The van der Waals surface area contributed by atoms with Crippen LogP contribution in [0.25, 0.3) is 10.8 Å². The van der Waals surface area contributed by atoms with Gasteiger partial charge in [0, 0.05) is 10.8 Å². The van der Waals surface area contributed by atoms with Crippen LogP contribution >= 0.6 is 0 Å². The second-order valence-corrected chi connectivity index (χ2v) is 8.37. The summed E-state index contributed by atoms with van der Waals surface area (Å²) in [4.78, 5) is 20.7. The lowest BCUT2D eigenvalue weighted by Gasteiger charge is -2.21. The quantitative estimate of drug-likeness (QED) is 0.380. The van der Waals surface area contributed by atoms with Gasteiger partial charge in [0.1, 0.15) is 9.79 Å². The lowest BCUT2D eigenvalue weighted by atomic mass is 10.1. The summed E-state index contributed by atoms with van der Waals surface area (Å²) in [6.07, 6.45) is -0.708. The van der Waals surface area contributed by atoms with Crippen LogP contribution in [0.1, 0.15) is 6.42 Å². The standard InChI is InChI=1S/C14H11N3O9S2/c15-10-6-3-1-2-4-7(6)11(17-9(18)5-8(16-17)14(19)20)13(28(24,25)26)12(10)27(21,22)23/h1-4H,5,15H2,(H,19,20)(H,21,22,23)(H,24,25,26). The van der Waals surface area contributed by atoms with Crippen molar-refractivity contribution in [1.29, 1.82) is 0 Å². The van der Waals surface area contributed by atoms with Gasteiger partial charge in [0.25, 0.3) is 26.1 Å². The van der Waals surface area contributed by atoms with Gasteiger partial charge in [0.2, 0.25) is 0 Å². The first-order valence-corrected chi connectivity index (χ1v) is 10.1. The molecule has 148 valence electrons. The Kier molecular flexibility index (Phi) is 4.38. The van der Waals surface area contributed by atoms with Crippen LogP contribution in [0, 0.1) is 0 Å². The number of nitrogens with zero attached hydrogens (tertiary/aromatic N) is 2. The number of rotatable bonds is 4. The molecule has 1 heterocycles. The first kappa shape index (κ1) is 19.7. The number of carboxylic acid groups (broad SMARTS) is 1. The first-order chi connectivity index (χ1) is 12.8. The van der Waals surface area contributed by atoms with Gasteiger partial charge in [-0.2, -0.15) is 26.9 Å². The summed E-state index contributed by atoms with van der Waals surface area (Å²) in [5.41, 5.74) is 3.65. The molecule has 0 fully saturated rings. The highest BCUT2D eigenvalue weighted by Crippen LogP contribution is 2.44. The smallest absolute Gasteiger partial charge is 0.352 e. The number of carbonyl (C=O) groups is 2. The number of carboxylic acids is 1. The van der Waals surface area contributed by atoms with Crippen LogP contribution in [0.2, 0.25) is 0 Å². The maximum absolute atomic E-state index is 12.3. The summed E-state index contributed by atoms with van der Waals surface area (Å²) in [5, 5.41) is 12.7. The minimum atomic E-state index is -5.39. The van der Waals surface area contributed by atoms with Crippen LogP contribution in [0.5, 0.6) is 0 Å². The molecule has 0 spiro atoms. The molecule has 0 saturated heterocycles. The third kappa shape index (κ3) is 3.07. The van der Waals surface area contributed by atoms with Crippen molar-refractivity contribution in [3.05, 3.63) is 24.3 Å². The number of amides is 1. The molecule has 0 radical (unpaired) electrons. The largest absolute Gasteiger partial charge is 0.477 e. The Morgan fingerprint density at radius 3 is 2.04 bits per heavy atom. The molecule has 0 saturated carbocycles. The van der Waals surface area contributed by atoms with Crippen molar-refractivity contribution >= 4 is 60.0 Å². The molecular weight excluding hydrogens is 418 g/mol. The Hall–Kier alpha value is -3.07. The zero-order valence-corrected chi connectivity index (χ0v) is 15.2. The maximum Gasteiger partial charge on any atom is 0.352 e. The number of hydrazone groups is 1. The number of nitrogen functional groups attached to an aromatic ring is 1. The molecule has 1 amide bonds. The number of anilines is 2. The van der Waals surface area contributed by atoms with E-state index in [2.05, 4.69) is 5.10 Å². The molecule has 1 aliphatic rings. The Labute approximate surface area is 157 Å². The van der Waals surface area contributed by atoms with Crippen molar-refractivity contribution in [1.82, 2.24) is 0 Å². The molecule has 12 nitrogen and oxygen atoms in total. The number of nitrogens with two attached hydrogens (primary N) is 1. The minimum absolute atomic E-state index is 0.0794. The highest BCUT2D eigenvalue weighted by molar-refractivity contribution is 7.89. The van der Waals surface area contributed by atoms with E-state index in [4.69, 9.17) is 10.8 Å². The van der Waals surface area contributed by atoms with Crippen LogP contribution in [-0.2, 0) is 29.8 Å². The summed E-state index contributed by atoms with van der Waals surface area (Å²) in [7, 11) is -10.7. The van der Waals surface area contributed by atoms with Crippen molar-refractivity contribution in [2.45, 2.75) is 16.2 Å². The summed E-state index contributed by atoms with van der Waals surface area (Å²) in [5.74, 6) is -2.56. The second kappa shape index (κ2) is 6.23. The SMILES string of the molecule is Nc1c(S(=O)(=O)O)c(S(=O)(=O)O)c(N2N=C(C(=O)O)CC2=O)c2ccccc12. The molecule has 0 bridgehead atoms. The molecule has 5 N–H and O–H groups in total. The molecule has 0 unspecified atom stereocenters. The lowest BCUT2D eigenvalue weighted by molar-refractivity contribution is -0.129. The molecule has 2 aromatic rings. The van der Waals surface area contributed by atoms with Gasteiger partial charge < -0.3 is 10.8 Å². The Bertz CT molecular complexity index is 1300. The van der Waals surface area contributed by atoms with E-state index >= 15 is 0 Å². The number of aliphatic carboxylic acids is 1. The van der Waals surface area contributed by atoms with Crippen LogP contribution in [-0.4, -0.2) is 48.6 Å². The van der Waals surface area contributed by atoms with Crippen molar-refractivity contribution in [3.63, 3.8) is 0 Å². The van der Waals surface area contributed by atoms with Crippen LogP contribution in [0.4, 0.5) is 11.4 Å². The van der Waals surface area contributed by atoms with Gasteiger partial charge in [-0.05, 0) is 0 Å². The van der Waals surface area contributed by atoms with Crippen LogP contribution in [0.3, 0.4) is 0 Å². The van der Waals surface area contributed by atoms with Gasteiger partial charge in [-0.3, -0.25) is 13.9 Å². The van der Waals surface area contributed by atoms with E-state index in [-0.39, 0.29) is 10.8 Å². The topological polar surface area (TPSA) is 205 Å². The van der Waals surface area contributed by atoms with E-state index in [0.717, 1.165) is 0 Å². The highest BCUT2D eigenvalue weighted by Gasteiger charge is 2.39. The average molecular weight is 429 g/mol. The first-order valence-electron chi connectivity index (χ1n) is 7.27. The molecule has 28 heavy (non-hydrogen) atoms. The van der Waals surface area contributed by atoms with Gasteiger partial charge in [-0.15, -0.1) is 0 Å². The normalized spacial score (nSPS) is 15.1. The Morgan fingerprint density at radius 2 is 1.57 bits per heavy atom. The summed E-state index contributed by atoms with van der Waals surface area (Å²) in [6, 6.07) is 5.35. The number of hydrogen-bond acceptors (Lipinski definition) is 8. The predicted octanol–water partition coefficient (Wildman–Crippen LogP) is 0.0927. The van der Waals surface area contributed by atoms with Crippen LogP contribution in [0.15, 0.2) is 39.2 Å². The molecule has 0 aliphatic carbocycles. The van der Waals surface area contributed by atoms with E-state index in [1.807, 2.05) is 0 Å². The molecule has 1 aliphatic heterocycles. The average Bonchev–Trinajstić information content (AvgIpc) is 2.94. The lowest BCUT2D eigenvalue weighted by Crippen LogP contribution is -2.24. The third-order valence-electron chi connectivity index (χ3n) is 3.89. The maximum atomic E-state index is 12.3. The fourth-order valence-corrected chi connectivity index (χ4v) is 4.96. The van der Waals surface area contributed by atoms with Crippen molar-refractivity contribution in [2.24, 2.45) is 5.10 Å². The van der Waals surface area contributed by atoms with Gasteiger partial charge in [-0.1, -0.05) is 24.3 Å². The van der Waals surface area contributed by atoms with Crippen LogP contribution < -0.4 is 10.7 Å². The number of hydrogen-bond donors (Lipinski definition) is 4. The van der Waals surface area contributed by atoms with E-state index in [0.29, 0.717) is 5.01 Å². The van der Waals surface area contributed by atoms with E-state index in [9.17, 15) is 35.5 Å². The number of carbonyl (C=O) groups excluding carboxylic acids is 1. The highest BCUT2D eigenvalue weighted by atomic mass is 32.2. The summed E-state index contributed by atoms with van der Waals surface area (Å²) >= 11 is 0. The van der Waals surface area contributed by atoms with Crippen molar-refractivity contribution < 1.29 is 40.6 Å². The summed E-state index contributed by atoms with van der Waals surface area (Å²) in [6.45, 7) is 0. The van der Waals surface area contributed by atoms with Gasteiger partial charge >= 0.3 is 5.97 Å². The fourth-order valence-electron chi connectivity index (χ4n) is 2.83. The Morgan fingerprint density at radius 1 is 1.04 bits per heavy atom. The molecule has 3 rings (SSSR count). The fraction of sp³-hybridized carbons (Fsp3) is 0.0714. The monoisotopic (exact) mass is 429 g/mol. The minimum Gasteiger partial charge on any atom is -0.477 e. The summed E-state index contributed by atoms with van der Waals surface area (Å²) < 4.78 is 66.9. The molecule has 0 atom stereocenters. The van der Waals surface area contributed by atoms with Crippen molar-refractivity contribution in [2.75, 3.05) is 10.7 Å². The molecule has 14 heteroatoms. The van der Waals surface area contributed by atoms with E-state index in [1.54, 1.807) is 0 Å². The number of fused-ring (bicyclic) bond motifs is 1.